The highest BCUT2D eigenvalue weighted by Gasteiger charge is 2.32. The van der Waals surface area contributed by atoms with Gasteiger partial charge in [-0.3, -0.25) is 9.69 Å². The van der Waals surface area contributed by atoms with Crippen LogP contribution in [0.25, 0.3) is 0 Å². The van der Waals surface area contributed by atoms with E-state index in [-0.39, 0.29) is 11.8 Å². The highest BCUT2D eigenvalue weighted by molar-refractivity contribution is 5.83. The van der Waals surface area contributed by atoms with Crippen LogP contribution in [-0.4, -0.2) is 61.0 Å². The molecule has 0 bridgehead atoms. The average Bonchev–Trinajstić information content (AvgIpc) is 3.04. The molecule has 1 N–H and O–H groups in total. The monoisotopic (exact) mass is 301 g/mol. The van der Waals surface area contributed by atoms with Crippen LogP contribution in [0.5, 0.6) is 0 Å². The Morgan fingerprint density at radius 2 is 2.05 bits per heavy atom. The van der Waals surface area contributed by atoms with Crippen LogP contribution in [-0.2, 0) is 4.79 Å². The molecule has 4 nitrogen and oxygen atoms in total. The first-order chi connectivity index (χ1) is 10.6. The number of piperazine rings is 1. The molecule has 1 aromatic rings. The summed E-state index contributed by atoms with van der Waals surface area (Å²) in [5.41, 5.74) is 2.35. The third-order valence-electron chi connectivity index (χ3n) is 5.06. The van der Waals surface area contributed by atoms with Crippen LogP contribution in [0, 0.1) is 6.92 Å². The van der Waals surface area contributed by atoms with Gasteiger partial charge in [-0.25, -0.2) is 0 Å². The summed E-state index contributed by atoms with van der Waals surface area (Å²) < 4.78 is 0. The Bertz CT molecular complexity index is 525. The Kier molecular flexibility index (Phi) is 4.79. The molecule has 0 aromatic heterocycles. The Hall–Kier alpha value is -1.39. The van der Waals surface area contributed by atoms with Gasteiger partial charge in [-0.15, -0.1) is 0 Å². The largest absolute Gasteiger partial charge is 0.341 e. The normalized spacial score (nSPS) is 24.5. The molecule has 22 heavy (non-hydrogen) atoms. The first-order valence-corrected chi connectivity index (χ1v) is 8.45. The van der Waals surface area contributed by atoms with E-state index in [2.05, 4.69) is 40.2 Å². The van der Waals surface area contributed by atoms with Crippen molar-refractivity contribution in [2.24, 2.45) is 0 Å². The number of rotatable bonds is 3. The molecule has 2 aliphatic rings. The van der Waals surface area contributed by atoms with Gasteiger partial charge < -0.3 is 10.2 Å². The second kappa shape index (κ2) is 6.80. The summed E-state index contributed by atoms with van der Waals surface area (Å²) in [5, 5.41) is 3.39. The van der Waals surface area contributed by atoms with Gasteiger partial charge in [0.15, 0.2) is 0 Å². The summed E-state index contributed by atoms with van der Waals surface area (Å²) in [6, 6.07) is 8.88. The average molecular weight is 301 g/mol. The second-order valence-electron chi connectivity index (χ2n) is 6.65. The summed E-state index contributed by atoms with van der Waals surface area (Å²) in [6.07, 6.45) is 1.12. The van der Waals surface area contributed by atoms with Crippen molar-refractivity contribution in [3.63, 3.8) is 0 Å². The molecule has 0 spiro atoms. The third-order valence-corrected chi connectivity index (χ3v) is 5.06. The van der Waals surface area contributed by atoms with Crippen LogP contribution in [0.15, 0.2) is 24.3 Å². The fraction of sp³-hybridized carbons (Fsp3) is 0.611. The standard InChI is InChI=1S/C18H27N3O/c1-14-4-3-5-16(12-14)15(2)18(22)21-9-6-17(13-21)20-10-7-19-8-11-20/h3-5,12,15,17,19H,6-11,13H2,1-2H3. The lowest BCUT2D eigenvalue weighted by Gasteiger charge is -2.32. The number of nitrogens with zero attached hydrogens (tertiary/aromatic N) is 2. The molecule has 2 aliphatic heterocycles. The highest BCUT2D eigenvalue weighted by Crippen LogP contribution is 2.23. The molecule has 2 fully saturated rings. The predicted octanol–water partition coefficient (Wildman–Crippen LogP) is 1.60. The van der Waals surface area contributed by atoms with Crippen LogP contribution < -0.4 is 5.32 Å². The number of likely N-dealkylation sites (tertiary alicyclic amines) is 1. The molecule has 0 aliphatic carbocycles. The van der Waals surface area contributed by atoms with Crippen molar-refractivity contribution < 1.29 is 4.79 Å². The molecule has 0 radical (unpaired) electrons. The van der Waals surface area contributed by atoms with Gasteiger partial charge in [0.25, 0.3) is 0 Å². The molecule has 2 atom stereocenters. The van der Waals surface area contributed by atoms with Crippen molar-refractivity contribution in [2.45, 2.75) is 32.2 Å². The minimum atomic E-state index is -0.0401. The van der Waals surface area contributed by atoms with Crippen molar-refractivity contribution in [3.05, 3.63) is 35.4 Å². The quantitative estimate of drug-likeness (QED) is 0.921. The van der Waals surface area contributed by atoms with Crippen molar-refractivity contribution in [3.8, 4) is 0 Å². The Labute approximate surface area is 133 Å². The molecule has 2 saturated heterocycles. The van der Waals surface area contributed by atoms with E-state index in [1.807, 2.05) is 13.0 Å². The number of hydrogen-bond donors (Lipinski definition) is 1. The number of carbonyl (C=O) groups excluding carboxylic acids is 1. The molecule has 120 valence electrons. The summed E-state index contributed by atoms with van der Waals surface area (Å²) in [7, 11) is 0. The van der Waals surface area contributed by atoms with E-state index in [0.717, 1.165) is 51.3 Å². The maximum atomic E-state index is 12.8. The summed E-state index contributed by atoms with van der Waals surface area (Å²) >= 11 is 0. The van der Waals surface area contributed by atoms with E-state index < -0.39 is 0 Å². The van der Waals surface area contributed by atoms with Crippen molar-refractivity contribution >= 4 is 5.91 Å². The SMILES string of the molecule is Cc1cccc(C(C)C(=O)N2CCC(N3CCNCC3)C2)c1. The number of carbonyl (C=O) groups is 1. The van der Waals surface area contributed by atoms with Crippen molar-refractivity contribution in [1.29, 1.82) is 0 Å². The first kappa shape index (κ1) is 15.5. The maximum absolute atomic E-state index is 12.8. The van der Waals surface area contributed by atoms with Gasteiger partial charge in [-0.2, -0.15) is 0 Å². The molecular weight excluding hydrogens is 274 g/mol. The Morgan fingerprint density at radius 3 is 2.77 bits per heavy atom. The second-order valence-corrected chi connectivity index (χ2v) is 6.65. The fourth-order valence-electron chi connectivity index (χ4n) is 3.64. The summed E-state index contributed by atoms with van der Waals surface area (Å²) in [6.45, 7) is 10.3. The van der Waals surface area contributed by atoms with E-state index in [1.165, 1.54) is 5.56 Å². The van der Waals surface area contributed by atoms with Gasteiger partial charge in [-0.05, 0) is 25.8 Å². The molecule has 0 saturated carbocycles. The minimum absolute atomic E-state index is 0.0401. The Morgan fingerprint density at radius 1 is 1.27 bits per heavy atom. The van der Waals surface area contributed by atoms with Gasteiger partial charge in [0.05, 0.1) is 5.92 Å². The zero-order chi connectivity index (χ0) is 15.5. The van der Waals surface area contributed by atoms with E-state index in [0.29, 0.717) is 6.04 Å². The number of aryl methyl sites for hydroxylation is 1. The van der Waals surface area contributed by atoms with Crippen LogP contribution in [0.2, 0.25) is 0 Å². The highest BCUT2D eigenvalue weighted by atomic mass is 16.2. The maximum Gasteiger partial charge on any atom is 0.229 e. The Balaban J connectivity index is 1.61. The zero-order valence-corrected chi connectivity index (χ0v) is 13.7. The van der Waals surface area contributed by atoms with Gasteiger partial charge in [-0.1, -0.05) is 29.8 Å². The van der Waals surface area contributed by atoms with Crippen LogP contribution in [0.4, 0.5) is 0 Å². The zero-order valence-electron chi connectivity index (χ0n) is 13.7. The lowest BCUT2D eigenvalue weighted by atomic mass is 9.98. The van der Waals surface area contributed by atoms with E-state index in [1.54, 1.807) is 0 Å². The van der Waals surface area contributed by atoms with Crippen molar-refractivity contribution in [2.75, 3.05) is 39.3 Å². The lowest BCUT2D eigenvalue weighted by molar-refractivity contribution is -0.131. The minimum Gasteiger partial charge on any atom is -0.341 e. The molecule has 4 heteroatoms. The first-order valence-electron chi connectivity index (χ1n) is 8.45. The summed E-state index contributed by atoms with van der Waals surface area (Å²) in [4.78, 5) is 17.4. The molecule has 3 rings (SSSR count). The molecule has 1 amide bonds. The van der Waals surface area contributed by atoms with Gasteiger partial charge in [0.2, 0.25) is 5.91 Å². The predicted molar refractivity (Wildman–Crippen MR) is 89.0 cm³/mol. The van der Waals surface area contributed by atoms with Crippen molar-refractivity contribution in [1.82, 2.24) is 15.1 Å². The van der Waals surface area contributed by atoms with Crippen LogP contribution in [0.1, 0.15) is 30.4 Å². The van der Waals surface area contributed by atoms with Crippen LogP contribution in [0.3, 0.4) is 0 Å². The fourth-order valence-corrected chi connectivity index (χ4v) is 3.64. The molecular formula is C18H27N3O. The number of amides is 1. The number of benzene rings is 1. The van der Waals surface area contributed by atoms with E-state index in [9.17, 15) is 4.79 Å². The van der Waals surface area contributed by atoms with Gasteiger partial charge in [0, 0.05) is 45.3 Å². The van der Waals surface area contributed by atoms with E-state index >= 15 is 0 Å². The lowest BCUT2D eigenvalue weighted by Crippen LogP contribution is -2.49. The molecule has 2 heterocycles. The summed E-state index contributed by atoms with van der Waals surface area (Å²) in [5.74, 6) is 0.241. The van der Waals surface area contributed by atoms with E-state index in [4.69, 9.17) is 0 Å². The molecule has 2 unspecified atom stereocenters. The number of hydrogen-bond acceptors (Lipinski definition) is 3. The molecule has 1 aromatic carbocycles. The topological polar surface area (TPSA) is 35.6 Å². The smallest absolute Gasteiger partial charge is 0.229 e. The number of nitrogens with one attached hydrogen (secondary N) is 1. The third kappa shape index (κ3) is 3.33. The van der Waals surface area contributed by atoms with Gasteiger partial charge in [0.1, 0.15) is 0 Å². The van der Waals surface area contributed by atoms with Gasteiger partial charge >= 0.3 is 0 Å². The van der Waals surface area contributed by atoms with Crippen LogP contribution >= 0.6 is 0 Å².